The van der Waals surface area contributed by atoms with Crippen molar-refractivity contribution >= 4 is 49.7 Å². The van der Waals surface area contributed by atoms with Crippen molar-refractivity contribution in [2.45, 2.75) is 6.54 Å². The molecule has 0 aliphatic carbocycles. The van der Waals surface area contributed by atoms with Crippen molar-refractivity contribution in [1.29, 1.82) is 0 Å². The van der Waals surface area contributed by atoms with Crippen LogP contribution >= 0.6 is 15.9 Å². The SMILES string of the molecule is Fc1c(F)c(F)c([B-](c2c(F)c(F)c(F)c(F)c2F)(c2c(F)c(F)c(F)c(F)c2F)c2c(F)c(F)c(F)c(F)c2F)c(F)c1F.O=C(C[n+]1ccccc1-c1ccc(Br)cc1)c1ccccc1. The molecule has 7 aromatic rings. The molecule has 0 fully saturated rings. The summed E-state index contributed by atoms with van der Waals surface area (Å²) >= 11 is 3.45. The molecule has 2 nitrogen and oxygen atoms in total. The normalized spacial score (nSPS) is 11.5. The molecule has 1 heterocycles. The molecular weight excluding hydrogens is 1020 g/mol. The number of Topliss-reactive ketones (excluding diaryl/α,β-unsaturated/α-hetero) is 1. The number of aromatic nitrogens is 1. The summed E-state index contributed by atoms with van der Waals surface area (Å²) in [5.41, 5.74) is -11.5. The Bertz CT molecular complexity index is 2750. The van der Waals surface area contributed by atoms with Crippen molar-refractivity contribution in [3.63, 3.8) is 0 Å². The van der Waals surface area contributed by atoms with Crippen LogP contribution in [0.15, 0.2) is 83.5 Å². The van der Waals surface area contributed by atoms with Gasteiger partial charge in [-0.1, -0.05) is 46.3 Å². The first kappa shape index (κ1) is 49.7. The molecule has 0 saturated heterocycles. The third-order valence-corrected chi connectivity index (χ3v) is 10.7. The number of pyridine rings is 1. The quantitative estimate of drug-likeness (QED) is 0.0371. The van der Waals surface area contributed by atoms with E-state index in [1.807, 2.05) is 83.6 Å². The van der Waals surface area contributed by atoms with Gasteiger partial charge in [-0.15, -0.1) is 21.9 Å². The summed E-state index contributed by atoms with van der Waals surface area (Å²) in [6.45, 7) is 0.330. The Hall–Kier alpha value is -6.72. The number of hydrogen-bond donors (Lipinski definition) is 0. The molecule has 0 aliphatic rings. The lowest BCUT2D eigenvalue weighted by Crippen LogP contribution is -2.81. The molecule has 0 bridgehead atoms. The zero-order chi connectivity index (χ0) is 49.7. The Morgan fingerprint density at radius 1 is 0.373 bits per heavy atom. The topological polar surface area (TPSA) is 20.9 Å². The van der Waals surface area contributed by atoms with Gasteiger partial charge < -0.3 is 0 Å². The molecule has 0 amide bonds. The number of carbonyl (C=O) groups is 1. The van der Waals surface area contributed by atoms with Gasteiger partial charge in [-0.05, 0) is 30.3 Å². The summed E-state index contributed by atoms with van der Waals surface area (Å²) in [5.74, 6) is -71.3. The van der Waals surface area contributed by atoms with Gasteiger partial charge in [0.15, 0.2) is 76.0 Å². The van der Waals surface area contributed by atoms with Gasteiger partial charge in [0.25, 0.3) is 0 Å². The predicted molar refractivity (Wildman–Crippen MR) is 200 cm³/mol. The second kappa shape index (κ2) is 18.9. The minimum atomic E-state index is -7.22. The maximum atomic E-state index is 15.4. The molecule has 0 aliphatic heterocycles. The van der Waals surface area contributed by atoms with Crippen LogP contribution in [-0.4, -0.2) is 11.9 Å². The highest BCUT2D eigenvalue weighted by atomic mass is 79.9. The molecule has 0 radical (unpaired) electrons. The maximum Gasteiger partial charge on any atom is 0.227 e. The molecule has 348 valence electrons. The Balaban J connectivity index is 0.000000279. The minimum absolute atomic E-state index is 0.107. The minimum Gasteiger partial charge on any atom is -0.287 e. The molecule has 0 saturated carbocycles. The van der Waals surface area contributed by atoms with Gasteiger partial charge >= 0.3 is 0 Å². The summed E-state index contributed by atoms with van der Waals surface area (Å²) < 4.78 is 297. The van der Waals surface area contributed by atoms with Gasteiger partial charge in [0.2, 0.25) is 18.0 Å². The van der Waals surface area contributed by atoms with Crippen LogP contribution in [0.4, 0.5) is 87.8 Å². The highest BCUT2D eigenvalue weighted by Gasteiger charge is 2.52. The second-order valence-electron chi connectivity index (χ2n) is 13.8. The van der Waals surface area contributed by atoms with E-state index in [1.54, 1.807) is 0 Å². The van der Waals surface area contributed by atoms with Crippen LogP contribution < -0.4 is 26.4 Å². The van der Waals surface area contributed by atoms with Gasteiger partial charge in [0.1, 0.15) is 52.7 Å². The molecular formula is C43H15BBrF20NO. The fraction of sp³-hybridized carbons (Fsp3) is 0.0233. The number of nitrogens with zero attached hydrogens (tertiary/aromatic N) is 1. The van der Waals surface area contributed by atoms with Crippen LogP contribution in [-0.2, 0) is 6.54 Å². The highest BCUT2D eigenvalue weighted by molar-refractivity contribution is 9.10. The third-order valence-electron chi connectivity index (χ3n) is 10.2. The van der Waals surface area contributed by atoms with E-state index in [0.717, 1.165) is 21.3 Å². The van der Waals surface area contributed by atoms with Crippen molar-refractivity contribution in [3.8, 4) is 11.3 Å². The summed E-state index contributed by atoms with van der Waals surface area (Å²) in [7, 11) is 0. The lowest BCUT2D eigenvalue weighted by atomic mass is 9.12. The first-order valence-corrected chi connectivity index (χ1v) is 18.8. The van der Waals surface area contributed by atoms with E-state index in [2.05, 4.69) is 15.9 Å². The van der Waals surface area contributed by atoms with Gasteiger partial charge in [-0.2, -0.15) is 4.57 Å². The van der Waals surface area contributed by atoms with Crippen LogP contribution in [0.2, 0.25) is 0 Å². The van der Waals surface area contributed by atoms with Gasteiger partial charge in [-0.3, -0.25) is 4.79 Å². The van der Waals surface area contributed by atoms with Crippen LogP contribution in [0.3, 0.4) is 0 Å². The fourth-order valence-electron chi connectivity index (χ4n) is 7.24. The number of hydrogen-bond acceptors (Lipinski definition) is 1. The van der Waals surface area contributed by atoms with Crippen molar-refractivity contribution in [3.05, 3.63) is 205 Å². The number of halogens is 21. The van der Waals surface area contributed by atoms with E-state index in [9.17, 15) is 57.5 Å². The van der Waals surface area contributed by atoms with E-state index in [4.69, 9.17) is 0 Å². The summed E-state index contributed by atoms with van der Waals surface area (Å²) in [5, 5.41) is 0. The monoisotopic (exact) mass is 1030 g/mol. The van der Waals surface area contributed by atoms with Crippen molar-refractivity contribution in [2.75, 3.05) is 0 Å². The Labute approximate surface area is 369 Å². The van der Waals surface area contributed by atoms with Crippen LogP contribution in [0.5, 0.6) is 0 Å². The Morgan fingerprint density at radius 3 is 0.970 bits per heavy atom. The summed E-state index contributed by atoms with van der Waals surface area (Å²) in [6.07, 6.45) is -5.27. The fourth-order valence-corrected chi connectivity index (χ4v) is 7.51. The summed E-state index contributed by atoms with van der Waals surface area (Å²) in [6, 6.07) is 23.5. The standard InChI is InChI=1S/C24BF20.C19H15BrNO/c26-5-1(6(27)14(35)21(42)13(5)34)25(2-7(28)15(36)22(43)16(37)8(2)29,3-9(30)17(38)23(44)18(39)10(3)31)4-11(32)19(40)24(45)20(41)12(4)33;20-17-11-9-15(10-12-17)18-8-4-5-13-21(18)14-19(22)16-6-2-1-3-7-16/h;1-13H,14H2/q-1;+1. The van der Waals surface area contributed by atoms with Gasteiger partial charge in [0.05, 0.1) is 0 Å². The lowest BCUT2D eigenvalue weighted by Gasteiger charge is -2.44. The molecule has 0 spiro atoms. The largest absolute Gasteiger partial charge is 0.287 e. The molecule has 0 N–H and O–H groups in total. The maximum absolute atomic E-state index is 15.4. The number of rotatable bonds is 8. The van der Waals surface area contributed by atoms with Crippen molar-refractivity contribution in [2.24, 2.45) is 0 Å². The zero-order valence-electron chi connectivity index (χ0n) is 32.1. The third kappa shape index (κ3) is 8.17. The van der Waals surface area contributed by atoms with Gasteiger partial charge in [-0.25, -0.2) is 87.8 Å². The molecule has 24 heteroatoms. The predicted octanol–water partition coefficient (Wildman–Crippen LogP) is 10.1. The zero-order valence-corrected chi connectivity index (χ0v) is 33.7. The van der Waals surface area contributed by atoms with E-state index in [1.165, 1.54) is 0 Å². The number of benzene rings is 6. The lowest BCUT2D eigenvalue weighted by molar-refractivity contribution is -0.672. The average molecular weight is 1030 g/mol. The molecule has 6 aromatic carbocycles. The first-order valence-electron chi connectivity index (χ1n) is 18.0. The van der Waals surface area contributed by atoms with Crippen LogP contribution in [0, 0.1) is 116 Å². The van der Waals surface area contributed by atoms with Crippen molar-refractivity contribution < 1.29 is 97.2 Å². The smallest absolute Gasteiger partial charge is 0.227 e. The average Bonchev–Trinajstić information content (AvgIpc) is 3.32. The molecule has 67 heavy (non-hydrogen) atoms. The van der Waals surface area contributed by atoms with E-state index < -0.39 is 144 Å². The number of carbonyl (C=O) groups excluding carboxylic acids is 1. The Morgan fingerprint density at radius 2 is 0.657 bits per heavy atom. The summed E-state index contributed by atoms with van der Waals surface area (Å²) in [4.78, 5) is 12.4. The Kier molecular flexibility index (Phi) is 14.0. The van der Waals surface area contributed by atoms with E-state index in [-0.39, 0.29) is 5.78 Å². The molecule has 1 aromatic heterocycles. The van der Waals surface area contributed by atoms with Crippen LogP contribution in [0.1, 0.15) is 10.4 Å². The molecule has 0 atom stereocenters. The van der Waals surface area contributed by atoms with E-state index >= 15 is 35.1 Å². The van der Waals surface area contributed by atoms with Crippen LogP contribution in [0.25, 0.3) is 11.3 Å². The molecule has 7 rings (SSSR count). The second-order valence-corrected chi connectivity index (χ2v) is 14.7. The van der Waals surface area contributed by atoms with Gasteiger partial charge in [0, 0.05) is 27.7 Å². The highest BCUT2D eigenvalue weighted by Crippen LogP contribution is 2.31. The number of ketones is 1. The van der Waals surface area contributed by atoms with Crippen molar-refractivity contribution in [1.82, 2.24) is 0 Å². The molecule has 0 unspecified atom stereocenters. The van der Waals surface area contributed by atoms with E-state index in [0.29, 0.717) is 6.54 Å². The first-order chi connectivity index (χ1) is 31.4.